The van der Waals surface area contributed by atoms with E-state index in [1.807, 2.05) is 6.92 Å². The van der Waals surface area contributed by atoms with Gasteiger partial charge in [0.05, 0.1) is 12.0 Å². The van der Waals surface area contributed by atoms with Crippen LogP contribution in [0.4, 0.5) is 11.4 Å². The molecule has 0 fully saturated rings. The first-order chi connectivity index (χ1) is 13.8. The smallest absolute Gasteiger partial charge is 0.261 e. The van der Waals surface area contributed by atoms with Crippen molar-refractivity contribution >= 4 is 38.9 Å². The molecule has 8 heteroatoms. The van der Waals surface area contributed by atoms with E-state index in [0.29, 0.717) is 22.0 Å². The van der Waals surface area contributed by atoms with E-state index in [4.69, 9.17) is 16.3 Å². The number of benzene rings is 3. The van der Waals surface area contributed by atoms with Crippen LogP contribution in [-0.4, -0.2) is 21.4 Å². The number of nitrogens with one attached hydrogen (secondary N) is 2. The van der Waals surface area contributed by atoms with Crippen molar-refractivity contribution in [3.05, 3.63) is 82.9 Å². The maximum absolute atomic E-state index is 12.6. The number of carbonyl (C=O) groups excluding carboxylic acids is 1. The van der Waals surface area contributed by atoms with Gasteiger partial charge >= 0.3 is 0 Å². The molecular formula is C21H19ClN2O4S. The van der Waals surface area contributed by atoms with Crippen LogP contribution in [0, 0.1) is 6.92 Å². The summed E-state index contributed by atoms with van der Waals surface area (Å²) in [4.78, 5) is 12.7. The summed E-state index contributed by atoms with van der Waals surface area (Å²) in [6.45, 7) is 1.83. The summed E-state index contributed by atoms with van der Waals surface area (Å²) in [6.07, 6.45) is 0. The molecule has 0 unspecified atom stereocenters. The number of carbonyl (C=O) groups is 1. The van der Waals surface area contributed by atoms with Crippen LogP contribution in [-0.2, 0) is 10.0 Å². The average molecular weight is 431 g/mol. The molecule has 3 rings (SSSR count). The van der Waals surface area contributed by atoms with Crippen molar-refractivity contribution in [1.82, 2.24) is 0 Å². The van der Waals surface area contributed by atoms with Crippen LogP contribution in [0.25, 0.3) is 0 Å². The molecular weight excluding hydrogens is 412 g/mol. The van der Waals surface area contributed by atoms with Gasteiger partial charge in [0, 0.05) is 22.0 Å². The summed E-state index contributed by atoms with van der Waals surface area (Å²) >= 11 is 5.94. The average Bonchev–Trinajstić information content (AvgIpc) is 2.70. The van der Waals surface area contributed by atoms with E-state index in [-0.39, 0.29) is 16.5 Å². The Morgan fingerprint density at radius 3 is 2.38 bits per heavy atom. The van der Waals surface area contributed by atoms with Crippen LogP contribution >= 0.6 is 11.6 Å². The molecule has 6 nitrogen and oxygen atoms in total. The predicted octanol–water partition coefficient (Wildman–Crippen LogP) is 4.71. The molecule has 0 heterocycles. The SMILES string of the molecule is COc1ccc(S(=O)(=O)Nc2cccc(C(=O)Nc3ccc(Cl)cc3C)c2)cc1. The summed E-state index contributed by atoms with van der Waals surface area (Å²) in [7, 11) is -2.30. The minimum absolute atomic E-state index is 0.0879. The number of aryl methyl sites for hydroxylation is 1. The Morgan fingerprint density at radius 2 is 1.72 bits per heavy atom. The van der Waals surface area contributed by atoms with Gasteiger partial charge in [-0.3, -0.25) is 9.52 Å². The van der Waals surface area contributed by atoms with Crippen molar-refractivity contribution in [3.8, 4) is 5.75 Å². The molecule has 0 saturated heterocycles. The lowest BCUT2D eigenvalue weighted by Gasteiger charge is -2.11. The lowest BCUT2D eigenvalue weighted by atomic mass is 10.1. The molecule has 0 radical (unpaired) electrons. The Kier molecular flexibility index (Phi) is 6.10. The quantitative estimate of drug-likeness (QED) is 0.593. The predicted molar refractivity (Wildman–Crippen MR) is 114 cm³/mol. The van der Waals surface area contributed by atoms with Crippen molar-refractivity contribution in [2.45, 2.75) is 11.8 Å². The molecule has 0 aromatic heterocycles. The summed E-state index contributed by atoms with van der Waals surface area (Å²) in [5, 5.41) is 3.38. The van der Waals surface area contributed by atoms with E-state index in [0.717, 1.165) is 5.56 Å². The second-order valence-corrected chi connectivity index (χ2v) is 8.39. The number of hydrogen-bond donors (Lipinski definition) is 2. The number of sulfonamides is 1. The first-order valence-corrected chi connectivity index (χ1v) is 10.5. The summed E-state index contributed by atoms with van der Waals surface area (Å²) in [6, 6.07) is 17.4. The number of anilines is 2. The van der Waals surface area contributed by atoms with Gasteiger partial charge in [-0.1, -0.05) is 17.7 Å². The molecule has 0 bridgehead atoms. The minimum atomic E-state index is -3.80. The van der Waals surface area contributed by atoms with Crippen molar-refractivity contribution in [2.24, 2.45) is 0 Å². The number of amides is 1. The van der Waals surface area contributed by atoms with Gasteiger partial charge in [-0.25, -0.2) is 8.42 Å². The summed E-state index contributed by atoms with van der Waals surface area (Å²) in [5.74, 6) is 0.195. The van der Waals surface area contributed by atoms with Crippen LogP contribution in [0.1, 0.15) is 15.9 Å². The largest absolute Gasteiger partial charge is 0.497 e. The van der Waals surface area contributed by atoms with Crippen molar-refractivity contribution in [2.75, 3.05) is 17.1 Å². The maximum atomic E-state index is 12.6. The molecule has 0 atom stereocenters. The second-order valence-electron chi connectivity index (χ2n) is 6.28. The zero-order valence-electron chi connectivity index (χ0n) is 15.8. The van der Waals surface area contributed by atoms with Gasteiger partial charge in [0.1, 0.15) is 5.75 Å². The van der Waals surface area contributed by atoms with Gasteiger partial charge in [-0.05, 0) is 73.2 Å². The van der Waals surface area contributed by atoms with E-state index in [9.17, 15) is 13.2 Å². The first kappa shape index (κ1) is 20.7. The van der Waals surface area contributed by atoms with Gasteiger partial charge in [0.2, 0.25) is 0 Å². The van der Waals surface area contributed by atoms with Crippen LogP contribution < -0.4 is 14.8 Å². The molecule has 2 N–H and O–H groups in total. The van der Waals surface area contributed by atoms with Gasteiger partial charge < -0.3 is 10.1 Å². The molecule has 0 saturated carbocycles. The Balaban J connectivity index is 1.78. The Morgan fingerprint density at radius 1 is 1.00 bits per heavy atom. The van der Waals surface area contributed by atoms with Crippen LogP contribution in [0.2, 0.25) is 5.02 Å². The third kappa shape index (κ3) is 5.07. The molecule has 150 valence electrons. The maximum Gasteiger partial charge on any atom is 0.261 e. The van der Waals surface area contributed by atoms with E-state index in [1.54, 1.807) is 48.5 Å². The highest BCUT2D eigenvalue weighted by Gasteiger charge is 2.15. The van der Waals surface area contributed by atoms with E-state index < -0.39 is 10.0 Å². The van der Waals surface area contributed by atoms with Gasteiger partial charge in [0.25, 0.3) is 15.9 Å². The Labute approximate surface area is 174 Å². The van der Waals surface area contributed by atoms with Crippen LogP contribution in [0.15, 0.2) is 71.6 Å². The molecule has 0 aliphatic carbocycles. The second kappa shape index (κ2) is 8.55. The number of halogens is 1. The molecule has 0 aliphatic heterocycles. The van der Waals surface area contributed by atoms with Crippen LogP contribution in [0.5, 0.6) is 5.75 Å². The normalized spacial score (nSPS) is 11.0. The van der Waals surface area contributed by atoms with Crippen LogP contribution in [0.3, 0.4) is 0 Å². The molecule has 0 aliphatic rings. The van der Waals surface area contributed by atoms with Gasteiger partial charge in [0.15, 0.2) is 0 Å². The fourth-order valence-electron chi connectivity index (χ4n) is 2.65. The van der Waals surface area contributed by atoms with Crippen molar-refractivity contribution < 1.29 is 17.9 Å². The fourth-order valence-corrected chi connectivity index (χ4v) is 3.93. The number of ether oxygens (including phenoxy) is 1. The number of hydrogen-bond acceptors (Lipinski definition) is 4. The summed E-state index contributed by atoms with van der Waals surface area (Å²) < 4.78 is 32.7. The lowest BCUT2D eigenvalue weighted by molar-refractivity contribution is 0.102. The molecule has 29 heavy (non-hydrogen) atoms. The van der Waals surface area contributed by atoms with E-state index in [1.165, 1.54) is 25.3 Å². The van der Waals surface area contributed by atoms with Gasteiger partial charge in [-0.15, -0.1) is 0 Å². The molecule has 1 amide bonds. The monoisotopic (exact) mass is 430 g/mol. The highest BCUT2D eigenvalue weighted by Crippen LogP contribution is 2.22. The van der Waals surface area contributed by atoms with E-state index >= 15 is 0 Å². The van der Waals surface area contributed by atoms with Crippen molar-refractivity contribution in [1.29, 1.82) is 0 Å². The minimum Gasteiger partial charge on any atom is -0.497 e. The third-order valence-electron chi connectivity index (χ3n) is 4.18. The number of methoxy groups -OCH3 is 1. The standard InChI is InChI=1S/C21H19ClN2O4S/c1-14-12-16(22)6-11-20(14)23-21(25)15-4-3-5-17(13-15)24-29(26,27)19-9-7-18(28-2)8-10-19/h3-13,24H,1-2H3,(H,23,25). The summed E-state index contributed by atoms with van der Waals surface area (Å²) in [5.41, 5.74) is 2.04. The Hall–Kier alpha value is -3.03. The highest BCUT2D eigenvalue weighted by atomic mass is 35.5. The molecule has 0 spiro atoms. The van der Waals surface area contributed by atoms with Crippen molar-refractivity contribution in [3.63, 3.8) is 0 Å². The third-order valence-corrected chi connectivity index (χ3v) is 5.82. The first-order valence-electron chi connectivity index (χ1n) is 8.63. The lowest BCUT2D eigenvalue weighted by Crippen LogP contribution is -2.15. The number of rotatable bonds is 6. The fraction of sp³-hybridized carbons (Fsp3) is 0.0952. The molecule has 3 aromatic rings. The van der Waals surface area contributed by atoms with E-state index in [2.05, 4.69) is 10.0 Å². The Bertz CT molecular complexity index is 1150. The zero-order chi connectivity index (χ0) is 21.0. The van der Waals surface area contributed by atoms with Gasteiger partial charge in [-0.2, -0.15) is 0 Å². The zero-order valence-corrected chi connectivity index (χ0v) is 17.3. The molecule has 3 aromatic carbocycles. The highest BCUT2D eigenvalue weighted by molar-refractivity contribution is 7.92. The topological polar surface area (TPSA) is 84.5 Å².